The molecule has 3 aromatic carbocycles. The van der Waals surface area contributed by atoms with E-state index in [0.29, 0.717) is 11.3 Å². The first-order valence-electron chi connectivity index (χ1n) is 11.3. The van der Waals surface area contributed by atoms with Crippen LogP contribution in [0.2, 0.25) is 0 Å². The highest BCUT2D eigenvalue weighted by atomic mass is 19.4. The summed E-state index contributed by atoms with van der Waals surface area (Å²) in [6, 6.07) is 17.8. The third-order valence-electron chi connectivity index (χ3n) is 6.01. The molecule has 2 aromatic heterocycles. The van der Waals surface area contributed by atoms with Crippen LogP contribution in [0.1, 0.15) is 28.4 Å². The van der Waals surface area contributed by atoms with Crippen LogP contribution < -0.4 is 5.32 Å². The average Bonchev–Trinajstić information content (AvgIpc) is 3.32. The van der Waals surface area contributed by atoms with Gasteiger partial charge in [0.25, 0.3) is 5.91 Å². The molecular formula is C28H21F3N4O. The number of imidazole rings is 1. The van der Waals surface area contributed by atoms with Gasteiger partial charge in [-0.15, -0.1) is 0 Å². The number of rotatable bonds is 5. The molecule has 5 rings (SSSR count). The molecule has 2 heterocycles. The zero-order chi connectivity index (χ0) is 25.3. The number of carbonyl (C=O) groups is 1. The standard InChI is InChI=1S/C28H21F3N4O/c1-2-18-6-7-21(27(36)34-23-10-8-22(9-11-23)28(29,30)31)15-24(18)19-4-3-5-20(14-19)25-16-33-26-17-32-12-13-35(25)26/h3-17H,2H2,1H3,(H,34,36). The van der Waals surface area contributed by atoms with Gasteiger partial charge in [-0.3, -0.25) is 14.2 Å². The van der Waals surface area contributed by atoms with Gasteiger partial charge in [-0.1, -0.05) is 31.2 Å². The van der Waals surface area contributed by atoms with Gasteiger partial charge < -0.3 is 5.32 Å². The Morgan fingerprint density at radius 1 is 0.972 bits per heavy atom. The van der Waals surface area contributed by atoms with Crippen LogP contribution in [0.4, 0.5) is 18.9 Å². The number of anilines is 1. The Morgan fingerprint density at radius 2 is 1.75 bits per heavy atom. The number of benzene rings is 3. The molecule has 0 saturated carbocycles. The number of hydrogen-bond donors (Lipinski definition) is 1. The molecular weight excluding hydrogens is 465 g/mol. The normalized spacial score (nSPS) is 11.6. The lowest BCUT2D eigenvalue weighted by atomic mass is 9.94. The van der Waals surface area contributed by atoms with Crippen LogP contribution in [0, 0.1) is 0 Å². The molecule has 8 heteroatoms. The number of aryl methyl sites for hydroxylation is 1. The Bertz CT molecular complexity index is 1560. The van der Waals surface area contributed by atoms with Gasteiger partial charge in [0, 0.05) is 29.2 Å². The van der Waals surface area contributed by atoms with Crippen LogP contribution in [-0.4, -0.2) is 20.3 Å². The van der Waals surface area contributed by atoms with E-state index in [-0.39, 0.29) is 0 Å². The van der Waals surface area contributed by atoms with E-state index in [1.165, 1.54) is 12.1 Å². The summed E-state index contributed by atoms with van der Waals surface area (Å²) >= 11 is 0. The molecule has 0 bridgehead atoms. The fraction of sp³-hybridized carbons (Fsp3) is 0.107. The minimum Gasteiger partial charge on any atom is -0.322 e. The summed E-state index contributed by atoms with van der Waals surface area (Å²) in [6.45, 7) is 2.04. The fourth-order valence-electron chi connectivity index (χ4n) is 4.14. The summed E-state index contributed by atoms with van der Waals surface area (Å²) in [6.07, 6.45) is 3.39. The first kappa shape index (κ1) is 23.3. The minimum atomic E-state index is -4.43. The monoisotopic (exact) mass is 486 g/mol. The van der Waals surface area contributed by atoms with Crippen LogP contribution in [0.5, 0.6) is 0 Å². The number of fused-ring (bicyclic) bond motifs is 1. The maximum atomic E-state index is 12.9. The number of amides is 1. The van der Waals surface area contributed by atoms with Crippen molar-refractivity contribution in [2.24, 2.45) is 0 Å². The molecule has 5 aromatic rings. The van der Waals surface area contributed by atoms with E-state index >= 15 is 0 Å². The zero-order valence-corrected chi connectivity index (χ0v) is 19.3. The van der Waals surface area contributed by atoms with E-state index in [9.17, 15) is 18.0 Å². The zero-order valence-electron chi connectivity index (χ0n) is 19.3. The van der Waals surface area contributed by atoms with E-state index in [4.69, 9.17) is 0 Å². The Kier molecular flexibility index (Phi) is 6.01. The van der Waals surface area contributed by atoms with Gasteiger partial charge in [0.05, 0.1) is 23.7 Å². The Balaban J connectivity index is 1.46. The van der Waals surface area contributed by atoms with Gasteiger partial charge in [0.1, 0.15) is 0 Å². The third-order valence-corrected chi connectivity index (χ3v) is 6.01. The van der Waals surface area contributed by atoms with Crippen LogP contribution in [0.15, 0.2) is 91.5 Å². The second-order valence-corrected chi connectivity index (χ2v) is 8.28. The molecule has 0 aliphatic heterocycles. The lowest BCUT2D eigenvalue weighted by Crippen LogP contribution is -2.13. The molecule has 36 heavy (non-hydrogen) atoms. The Labute approximate surface area is 205 Å². The number of alkyl halides is 3. The predicted octanol–water partition coefficient (Wildman–Crippen LogP) is 6.90. The van der Waals surface area contributed by atoms with Crippen molar-refractivity contribution in [3.8, 4) is 22.4 Å². The van der Waals surface area contributed by atoms with Crippen molar-refractivity contribution in [3.05, 3.63) is 108 Å². The first-order chi connectivity index (χ1) is 17.3. The van der Waals surface area contributed by atoms with Crippen molar-refractivity contribution in [2.75, 3.05) is 5.32 Å². The highest BCUT2D eigenvalue weighted by Crippen LogP contribution is 2.32. The molecule has 0 saturated heterocycles. The van der Waals surface area contributed by atoms with E-state index < -0.39 is 17.6 Å². The third kappa shape index (κ3) is 4.57. The number of aromatic nitrogens is 3. The summed E-state index contributed by atoms with van der Waals surface area (Å²) in [5, 5.41) is 2.68. The molecule has 0 unspecified atom stereocenters. The average molecular weight is 486 g/mol. The second kappa shape index (κ2) is 9.30. The molecule has 180 valence electrons. The highest BCUT2D eigenvalue weighted by molar-refractivity contribution is 6.05. The van der Waals surface area contributed by atoms with Gasteiger partial charge in [0.2, 0.25) is 0 Å². The van der Waals surface area contributed by atoms with Gasteiger partial charge in [-0.2, -0.15) is 13.2 Å². The van der Waals surface area contributed by atoms with Crippen molar-refractivity contribution < 1.29 is 18.0 Å². The molecule has 1 N–H and O–H groups in total. The molecule has 0 atom stereocenters. The summed E-state index contributed by atoms with van der Waals surface area (Å²) < 4.78 is 40.4. The van der Waals surface area contributed by atoms with Gasteiger partial charge in [0.15, 0.2) is 5.65 Å². The number of hydrogen-bond acceptors (Lipinski definition) is 3. The van der Waals surface area contributed by atoms with Gasteiger partial charge in [-0.25, -0.2) is 4.98 Å². The maximum absolute atomic E-state index is 12.9. The molecule has 5 nitrogen and oxygen atoms in total. The van der Waals surface area contributed by atoms with Crippen LogP contribution >= 0.6 is 0 Å². The molecule has 1 amide bonds. The van der Waals surface area contributed by atoms with Crippen molar-refractivity contribution in [2.45, 2.75) is 19.5 Å². The molecule has 0 aliphatic carbocycles. The predicted molar refractivity (Wildman–Crippen MR) is 133 cm³/mol. The molecule has 0 aliphatic rings. The maximum Gasteiger partial charge on any atom is 0.416 e. The van der Waals surface area contributed by atoms with Crippen LogP contribution in [-0.2, 0) is 12.6 Å². The second-order valence-electron chi connectivity index (χ2n) is 8.28. The van der Waals surface area contributed by atoms with E-state index in [1.807, 2.05) is 47.9 Å². The van der Waals surface area contributed by atoms with Crippen molar-refractivity contribution in [1.82, 2.24) is 14.4 Å². The minimum absolute atomic E-state index is 0.290. The largest absolute Gasteiger partial charge is 0.416 e. The van der Waals surface area contributed by atoms with Crippen LogP contribution in [0.3, 0.4) is 0 Å². The van der Waals surface area contributed by atoms with Gasteiger partial charge in [-0.05, 0) is 65.6 Å². The number of halogens is 3. The summed E-state index contributed by atoms with van der Waals surface area (Å²) in [7, 11) is 0. The van der Waals surface area contributed by atoms with E-state index in [2.05, 4.69) is 21.4 Å². The Morgan fingerprint density at radius 3 is 2.50 bits per heavy atom. The van der Waals surface area contributed by atoms with Crippen molar-refractivity contribution in [3.63, 3.8) is 0 Å². The number of nitrogens with one attached hydrogen (secondary N) is 1. The van der Waals surface area contributed by atoms with Crippen molar-refractivity contribution in [1.29, 1.82) is 0 Å². The van der Waals surface area contributed by atoms with E-state index in [0.717, 1.165) is 52.1 Å². The topological polar surface area (TPSA) is 59.3 Å². The molecule has 0 radical (unpaired) electrons. The Hall–Kier alpha value is -4.46. The summed E-state index contributed by atoms with van der Waals surface area (Å²) in [5.41, 5.74) is 5.49. The highest BCUT2D eigenvalue weighted by Gasteiger charge is 2.30. The first-order valence-corrected chi connectivity index (χ1v) is 11.3. The molecule has 0 spiro atoms. The fourth-order valence-corrected chi connectivity index (χ4v) is 4.14. The number of nitrogens with zero attached hydrogens (tertiary/aromatic N) is 3. The quantitative estimate of drug-likeness (QED) is 0.294. The van der Waals surface area contributed by atoms with E-state index in [1.54, 1.807) is 24.7 Å². The lowest BCUT2D eigenvalue weighted by molar-refractivity contribution is -0.137. The smallest absolute Gasteiger partial charge is 0.322 e. The molecule has 0 fully saturated rings. The lowest BCUT2D eigenvalue weighted by Gasteiger charge is -2.13. The summed E-state index contributed by atoms with van der Waals surface area (Å²) in [5.74, 6) is -0.399. The number of carbonyl (C=O) groups excluding carboxylic acids is 1. The van der Waals surface area contributed by atoms with Gasteiger partial charge >= 0.3 is 6.18 Å². The SMILES string of the molecule is CCc1ccc(C(=O)Nc2ccc(C(F)(F)F)cc2)cc1-c1cccc(-c2cnc3cnccn23)c1. The van der Waals surface area contributed by atoms with Crippen molar-refractivity contribution >= 4 is 17.2 Å². The van der Waals surface area contributed by atoms with Crippen LogP contribution in [0.25, 0.3) is 28.0 Å². The summed E-state index contributed by atoms with van der Waals surface area (Å²) in [4.78, 5) is 21.4.